The van der Waals surface area contributed by atoms with Crippen LogP contribution in [-0.4, -0.2) is 37.4 Å². The van der Waals surface area contributed by atoms with E-state index in [-0.39, 0.29) is 11.5 Å². The molecule has 0 saturated carbocycles. The minimum absolute atomic E-state index is 0.123. The predicted molar refractivity (Wildman–Crippen MR) is 79.6 cm³/mol. The zero-order valence-electron chi connectivity index (χ0n) is 12.1. The number of nitrogens with zero attached hydrogens (tertiary/aromatic N) is 1. The minimum atomic E-state index is -2.96. The van der Waals surface area contributed by atoms with E-state index in [1.165, 1.54) is 0 Å². The van der Waals surface area contributed by atoms with E-state index in [4.69, 9.17) is 9.94 Å². The smallest absolute Gasteiger partial charge is 0.150 e. The van der Waals surface area contributed by atoms with E-state index in [0.29, 0.717) is 30.1 Å². The standard InChI is InChI=1S/C14H21NO4S/c1-4-20(17,18)9-5-8-19-14-10-11(2)6-7-13(14)12(3)15-16/h6-7,10,16H,4-5,8-9H2,1-3H3. The van der Waals surface area contributed by atoms with Gasteiger partial charge in [0, 0.05) is 11.3 Å². The molecule has 1 N–H and O–H groups in total. The molecule has 0 bridgehead atoms. The van der Waals surface area contributed by atoms with Gasteiger partial charge in [-0.2, -0.15) is 0 Å². The summed E-state index contributed by atoms with van der Waals surface area (Å²) in [5.41, 5.74) is 2.19. The highest BCUT2D eigenvalue weighted by Gasteiger charge is 2.10. The summed E-state index contributed by atoms with van der Waals surface area (Å²) >= 11 is 0. The third-order valence-electron chi connectivity index (χ3n) is 2.97. The zero-order chi connectivity index (χ0) is 15.2. The molecule has 0 heterocycles. The number of aryl methyl sites for hydroxylation is 1. The number of hydrogen-bond donors (Lipinski definition) is 1. The van der Waals surface area contributed by atoms with Crippen LogP contribution in [0.1, 0.15) is 31.4 Å². The number of sulfone groups is 1. The monoisotopic (exact) mass is 299 g/mol. The van der Waals surface area contributed by atoms with Crippen molar-refractivity contribution in [2.75, 3.05) is 18.1 Å². The second kappa shape index (κ2) is 7.28. The first-order valence-corrected chi connectivity index (χ1v) is 8.34. The maximum atomic E-state index is 11.4. The summed E-state index contributed by atoms with van der Waals surface area (Å²) in [5.74, 6) is 0.880. The van der Waals surface area contributed by atoms with Crippen molar-refractivity contribution in [1.29, 1.82) is 0 Å². The highest BCUT2D eigenvalue weighted by molar-refractivity contribution is 7.91. The van der Waals surface area contributed by atoms with Gasteiger partial charge in [-0.1, -0.05) is 18.1 Å². The molecule has 0 saturated heterocycles. The SMILES string of the molecule is CCS(=O)(=O)CCCOc1cc(C)ccc1C(C)=NO. The van der Waals surface area contributed by atoms with Gasteiger partial charge in [0.1, 0.15) is 15.6 Å². The Bertz CT molecular complexity index is 579. The summed E-state index contributed by atoms with van der Waals surface area (Å²) in [7, 11) is -2.96. The third-order valence-corrected chi connectivity index (χ3v) is 4.76. The van der Waals surface area contributed by atoms with E-state index < -0.39 is 9.84 Å². The van der Waals surface area contributed by atoms with E-state index in [2.05, 4.69) is 5.16 Å². The average molecular weight is 299 g/mol. The molecule has 1 aromatic carbocycles. The van der Waals surface area contributed by atoms with Crippen molar-refractivity contribution in [2.45, 2.75) is 27.2 Å². The van der Waals surface area contributed by atoms with Crippen LogP contribution in [0.15, 0.2) is 23.4 Å². The maximum absolute atomic E-state index is 11.4. The molecule has 0 aliphatic carbocycles. The first-order chi connectivity index (χ1) is 9.39. The first kappa shape index (κ1) is 16.5. The van der Waals surface area contributed by atoms with Crippen LogP contribution in [0.2, 0.25) is 0 Å². The number of oxime groups is 1. The number of hydrogen-bond acceptors (Lipinski definition) is 5. The van der Waals surface area contributed by atoms with Crippen molar-refractivity contribution < 1.29 is 18.4 Å². The fraction of sp³-hybridized carbons (Fsp3) is 0.500. The predicted octanol–water partition coefficient (Wildman–Crippen LogP) is 2.40. The summed E-state index contributed by atoms with van der Waals surface area (Å²) in [6.07, 6.45) is 0.443. The lowest BCUT2D eigenvalue weighted by Gasteiger charge is -2.11. The van der Waals surface area contributed by atoms with E-state index in [9.17, 15) is 8.42 Å². The average Bonchev–Trinajstić information content (AvgIpc) is 2.43. The molecule has 0 atom stereocenters. The zero-order valence-corrected chi connectivity index (χ0v) is 12.9. The van der Waals surface area contributed by atoms with E-state index in [1.54, 1.807) is 13.8 Å². The van der Waals surface area contributed by atoms with Gasteiger partial charge in [0.25, 0.3) is 0 Å². The van der Waals surface area contributed by atoms with Gasteiger partial charge in [-0.05, 0) is 38.0 Å². The van der Waals surface area contributed by atoms with Gasteiger partial charge in [-0.25, -0.2) is 8.42 Å². The third kappa shape index (κ3) is 4.85. The Kier molecular flexibility index (Phi) is 6.01. The van der Waals surface area contributed by atoms with Crippen LogP contribution in [0.25, 0.3) is 0 Å². The van der Waals surface area contributed by atoms with Crippen LogP contribution < -0.4 is 4.74 Å². The molecule has 0 unspecified atom stereocenters. The van der Waals surface area contributed by atoms with Gasteiger partial charge in [-0.15, -0.1) is 0 Å². The second-order valence-corrected chi connectivity index (χ2v) is 7.10. The summed E-state index contributed by atoms with van der Waals surface area (Å²) in [6.45, 7) is 5.56. The van der Waals surface area contributed by atoms with Gasteiger partial charge in [0.05, 0.1) is 18.1 Å². The normalized spacial score (nSPS) is 12.4. The highest BCUT2D eigenvalue weighted by atomic mass is 32.2. The molecule has 1 aromatic rings. The van der Waals surface area contributed by atoms with Crippen LogP contribution in [0.5, 0.6) is 5.75 Å². The molecule has 0 spiro atoms. The lowest BCUT2D eigenvalue weighted by atomic mass is 10.1. The molecule has 1 rings (SSSR count). The van der Waals surface area contributed by atoms with Crippen LogP contribution in [0.4, 0.5) is 0 Å². The van der Waals surface area contributed by atoms with Crippen LogP contribution in [0, 0.1) is 6.92 Å². The fourth-order valence-electron chi connectivity index (χ4n) is 1.71. The molecular weight excluding hydrogens is 278 g/mol. The number of rotatable bonds is 7. The van der Waals surface area contributed by atoms with E-state index >= 15 is 0 Å². The molecule has 0 aliphatic rings. The van der Waals surface area contributed by atoms with Crippen molar-refractivity contribution in [1.82, 2.24) is 0 Å². The fourth-order valence-corrected chi connectivity index (χ4v) is 2.55. The molecule has 0 fully saturated rings. The maximum Gasteiger partial charge on any atom is 0.150 e. The summed E-state index contributed by atoms with van der Waals surface area (Å²) < 4.78 is 28.4. The van der Waals surface area contributed by atoms with Crippen molar-refractivity contribution in [3.05, 3.63) is 29.3 Å². The van der Waals surface area contributed by atoms with Crippen molar-refractivity contribution >= 4 is 15.5 Å². The Hall–Kier alpha value is -1.56. The molecule has 0 aliphatic heterocycles. The topological polar surface area (TPSA) is 76.0 Å². The molecule has 0 aromatic heterocycles. The Morgan fingerprint density at radius 2 is 2.10 bits per heavy atom. The van der Waals surface area contributed by atoms with Gasteiger partial charge in [0.15, 0.2) is 0 Å². The lowest BCUT2D eigenvalue weighted by Crippen LogP contribution is -2.12. The highest BCUT2D eigenvalue weighted by Crippen LogP contribution is 2.21. The van der Waals surface area contributed by atoms with Gasteiger partial charge in [0.2, 0.25) is 0 Å². The van der Waals surface area contributed by atoms with Crippen LogP contribution in [0.3, 0.4) is 0 Å². The second-order valence-electron chi connectivity index (χ2n) is 4.62. The Labute approximate surface area is 120 Å². The molecule has 0 radical (unpaired) electrons. The van der Waals surface area contributed by atoms with Gasteiger partial charge >= 0.3 is 0 Å². The summed E-state index contributed by atoms with van der Waals surface area (Å²) in [5, 5.41) is 12.0. The Morgan fingerprint density at radius 3 is 2.70 bits per heavy atom. The molecule has 112 valence electrons. The first-order valence-electron chi connectivity index (χ1n) is 6.52. The summed E-state index contributed by atoms with van der Waals surface area (Å²) in [6, 6.07) is 5.57. The van der Waals surface area contributed by atoms with Gasteiger partial charge < -0.3 is 9.94 Å². The van der Waals surface area contributed by atoms with E-state index in [1.807, 2.05) is 25.1 Å². The quantitative estimate of drug-likeness (QED) is 0.363. The summed E-state index contributed by atoms with van der Waals surface area (Å²) in [4.78, 5) is 0. The largest absolute Gasteiger partial charge is 0.493 e. The van der Waals surface area contributed by atoms with E-state index in [0.717, 1.165) is 5.56 Å². The Balaban J connectivity index is 2.70. The minimum Gasteiger partial charge on any atom is -0.493 e. The number of benzene rings is 1. The van der Waals surface area contributed by atoms with Crippen LogP contribution >= 0.6 is 0 Å². The molecule has 20 heavy (non-hydrogen) atoms. The Morgan fingerprint density at radius 1 is 1.40 bits per heavy atom. The number of ether oxygens (including phenoxy) is 1. The molecule has 5 nitrogen and oxygen atoms in total. The molecule has 6 heteroatoms. The van der Waals surface area contributed by atoms with Crippen molar-refractivity contribution in [3.63, 3.8) is 0 Å². The van der Waals surface area contributed by atoms with Crippen molar-refractivity contribution in [2.24, 2.45) is 5.16 Å². The molecular formula is C14H21NO4S. The van der Waals surface area contributed by atoms with Crippen LogP contribution in [-0.2, 0) is 9.84 Å². The van der Waals surface area contributed by atoms with Gasteiger partial charge in [-0.3, -0.25) is 0 Å². The lowest BCUT2D eigenvalue weighted by molar-refractivity contribution is 0.312. The van der Waals surface area contributed by atoms with Crippen molar-refractivity contribution in [3.8, 4) is 5.75 Å². The molecule has 0 amide bonds.